The van der Waals surface area contributed by atoms with Gasteiger partial charge in [0.25, 0.3) is 5.91 Å². The van der Waals surface area contributed by atoms with Crippen molar-refractivity contribution in [2.24, 2.45) is 0 Å². The number of nitrogens with one attached hydrogen (secondary N) is 3. The molecule has 2 aromatic rings. The number of hydrogen-bond donors (Lipinski definition) is 3. The van der Waals surface area contributed by atoms with Crippen molar-refractivity contribution in [1.82, 2.24) is 20.3 Å². The number of thiazole rings is 1. The molecule has 0 spiro atoms. The molecular weight excluding hydrogens is 380 g/mol. The van der Waals surface area contributed by atoms with Crippen molar-refractivity contribution in [3.8, 4) is 0 Å². The summed E-state index contributed by atoms with van der Waals surface area (Å²) in [6, 6.07) is 8.59. The minimum absolute atomic E-state index is 0.0258. The molecule has 0 saturated heterocycles. The maximum atomic E-state index is 12.2. The van der Waals surface area contributed by atoms with E-state index < -0.39 is 15.6 Å². The highest BCUT2D eigenvalue weighted by Crippen LogP contribution is 2.24. The van der Waals surface area contributed by atoms with E-state index in [1.54, 1.807) is 48.8 Å². The Labute approximate surface area is 155 Å². The summed E-state index contributed by atoms with van der Waals surface area (Å²) >= 11 is 6.50. The van der Waals surface area contributed by atoms with Crippen LogP contribution >= 0.6 is 23.6 Å². The minimum Gasteiger partial charge on any atom is -0.350 e. The Hall–Kier alpha value is -1.88. The molecule has 1 aromatic heterocycles. The molecule has 1 atom stereocenters. The highest BCUT2D eigenvalue weighted by molar-refractivity contribution is 7.89. The third-order valence-corrected chi connectivity index (χ3v) is 6.17. The summed E-state index contributed by atoms with van der Waals surface area (Å²) < 4.78 is 26.3. The fourth-order valence-electron chi connectivity index (χ4n) is 2.15. The van der Waals surface area contributed by atoms with Gasteiger partial charge in [-0.3, -0.25) is 10.1 Å². The van der Waals surface area contributed by atoms with Gasteiger partial charge in [-0.25, -0.2) is 18.1 Å². The van der Waals surface area contributed by atoms with Crippen LogP contribution in [0, 0.1) is 0 Å². The summed E-state index contributed by atoms with van der Waals surface area (Å²) in [4.78, 5) is 16.4. The van der Waals surface area contributed by atoms with Crippen molar-refractivity contribution in [1.29, 1.82) is 0 Å². The summed E-state index contributed by atoms with van der Waals surface area (Å²) in [5.74, 6) is -0.665. The Morgan fingerprint density at radius 1 is 1.32 bits per heavy atom. The highest BCUT2D eigenvalue weighted by atomic mass is 32.2. The molecule has 1 aromatic carbocycles. The summed E-state index contributed by atoms with van der Waals surface area (Å²) in [5.41, 5.74) is -0.637. The second-order valence-electron chi connectivity index (χ2n) is 5.41. The zero-order valence-electron chi connectivity index (χ0n) is 13.6. The normalized spacial score (nSPS) is 13.7. The third-order valence-electron chi connectivity index (χ3n) is 3.35. The smallest absolute Gasteiger partial charge is 0.257 e. The number of sulfonamides is 1. The van der Waals surface area contributed by atoms with Crippen LogP contribution in [-0.2, 0) is 15.6 Å². The van der Waals surface area contributed by atoms with Crippen LogP contribution in [0.5, 0.6) is 0 Å². The largest absolute Gasteiger partial charge is 0.350 e. The van der Waals surface area contributed by atoms with Gasteiger partial charge in [0.15, 0.2) is 5.11 Å². The molecule has 0 fully saturated rings. The molecule has 25 heavy (non-hydrogen) atoms. The number of amides is 1. The van der Waals surface area contributed by atoms with Crippen molar-refractivity contribution < 1.29 is 13.2 Å². The summed E-state index contributed by atoms with van der Waals surface area (Å²) in [6.07, 6.45) is 1.58. The van der Waals surface area contributed by atoms with Gasteiger partial charge in [-0.05, 0) is 38.3 Å². The van der Waals surface area contributed by atoms with Crippen molar-refractivity contribution in [3.05, 3.63) is 52.5 Å². The van der Waals surface area contributed by atoms with Crippen LogP contribution in [0.4, 0.5) is 0 Å². The van der Waals surface area contributed by atoms with Crippen molar-refractivity contribution in [2.45, 2.75) is 12.5 Å². The standard InChI is InChI=1S/C15H18N4O3S3/c1-15(10-25(21,22)16-2,13-17-8-9-24-13)19-14(23)18-12(20)11-6-4-3-5-7-11/h3-9,16H,10H2,1-2H3,(H2,18,19,20,23). The maximum Gasteiger partial charge on any atom is 0.257 e. The van der Waals surface area contributed by atoms with E-state index in [0.29, 0.717) is 10.6 Å². The van der Waals surface area contributed by atoms with Gasteiger partial charge >= 0.3 is 0 Å². The maximum absolute atomic E-state index is 12.2. The molecule has 0 bridgehead atoms. The number of carbonyl (C=O) groups is 1. The van der Waals surface area contributed by atoms with Gasteiger partial charge in [0, 0.05) is 17.1 Å². The quantitative estimate of drug-likeness (QED) is 0.633. The van der Waals surface area contributed by atoms with Gasteiger partial charge in [-0.2, -0.15) is 0 Å². The van der Waals surface area contributed by atoms with Gasteiger partial charge in [0.05, 0.1) is 5.75 Å². The molecule has 0 aliphatic carbocycles. The Bertz CT molecular complexity index is 838. The molecule has 1 amide bonds. The molecule has 0 saturated carbocycles. The van der Waals surface area contributed by atoms with Crippen molar-refractivity contribution in [2.75, 3.05) is 12.8 Å². The van der Waals surface area contributed by atoms with E-state index in [2.05, 4.69) is 20.3 Å². The molecule has 3 N–H and O–H groups in total. The van der Waals surface area contributed by atoms with Gasteiger partial charge in [0.1, 0.15) is 10.5 Å². The first kappa shape index (κ1) is 19.4. The van der Waals surface area contributed by atoms with E-state index in [1.807, 2.05) is 0 Å². The lowest BCUT2D eigenvalue weighted by Crippen LogP contribution is -2.53. The Morgan fingerprint density at radius 3 is 2.56 bits per heavy atom. The molecule has 7 nitrogen and oxygen atoms in total. The lowest BCUT2D eigenvalue weighted by Gasteiger charge is -2.29. The molecule has 1 heterocycles. The SMILES string of the molecule is CNS(=O)(=O)CC(C)(NC(=S)NC(=O)c1ccccc1)c1nccs1. The van der Waals surface area contributed by atoms with E-state index in [9.17, 15) is 13.2 Å². The summed E-state index contributed by atoms with van der Waals surface area (Å²) in [5, 5.41) is 7.79. The first-order valence-corrected chi connectivity index (χ1v) is 10.2. The average molecular weight is 399 g/mol. The number of benzene rings is 1. The molecule has 134 valence electrons. The number of rotatable bonds is 6. The van der Waals surface area contributed by atoms with Crippen molar-refractivity contribution in [3.63, 3.8) is 0 Å². The van der Waals surface area contributed by atoms with Gasteiger partial charge < -0.3 is 5.32 Å². The molecule has 0 aliphatic rings. The predicted molar refractivity (Wildman–Crippen MR) is 102 cm³/mol. The van der Waals surface area contributed by atoms with Crippen LogP contribution in [0.25, 0.3) is 0 Å². The molecule has 10 heteroatoms. The average Bonchev–Trinajstić information content (AvgIpc) is 3.10. The van der Waals surface area contributed by atoms with Crippen LogP contribution < -0.4 is 15.4 Å². The Kier molecular flexibility index (Phi) is 6.22. The van der Waals surface area contributed by atoms with Crippen molar-refractivity contribution >= 4 is 44.6 Å². The van der Waals surface area contributed by atoms with Crippen LogP contribution in [0.15, 0.2) is 41.9 Å². The first-order chi connectivity index (χ1) is 11.8. The zero-order valence-corrected chi connectivity index (χ0v) is 16.1. The summed E-state index contributed by atoms with van der Waals surface area (Å²) in [7, 11) is -2.21. The van der Waals surface area contributed by atoms with Gasteiger partial charge in [-0.15, -0.1) is 11.3 Å². The Balaban J connectivity index is 2.16. The summed E-state index contributed by atoms with van der Waals surface area (Å²) in [6.45, 7) is 1.67. The van der Waals surface area contributed by atoms with Gasteiger partial charge in [0.2, 0.25) is 10.0 Å². The zero-order chi connectivity index (χ0) is 18.5. The van der Waals surface area contributed by atoms with E-state index in [4.69, 9.17) is 12.2 Å². The minimum atomic E-state index is -3.55. The molecular formula is C15H18N4O3S3. The fourth-order valence-corrected chi connectivity index (χ4v) is 4.42. The van der Waals surface area contributed by atoms with E-state index in [1.165, 1.54) is 18.4 Å². The number of hydrogen-bond acceptors (Lipinski definition) is 6. The number of nitrogens with zero attached hydrogens (tertiary/aromatic N) is 1. The number of thiocarbonyl (C=S) groups is 1. The predicted octanol–water partition coefficient (Wildman–Crippen LogP) is 1.21. The van der Waals surface area contributed by atoms with Crippen LogP contribution in [0.3, 0.4) is 0 Å². The van der Waals surface area contributed by atoms with E-state index in [-0.39, 0.29) is 16.8 Å². The van der Waals surface area contributed by atoms with E-state index >= 15 is 0 Å². The number of aromatic nitrogens is 1. The topological polar surface area (TPSA) is 100 Å². The first-order valence-electron chi connectivity index (χ1n) is 7.25. The lowest BCUT2D eigenvalue weighted by atomic mass is 10.1. The monoisotopic (exact) mass is 398 g/mol. The van der Waals surface area contributed by atoms with Crippen LogP contribution in [0.2, 0.25) is 0 Å². The second kappa shape index (κ2) is 8.00. The van der Waals surface area contributed by atoms with Crippen LogP contribution in [0.1, 0.15) is 22.3 Å². The lowest BCUT2D eigenvalue weighted by molar-refractivity contribution is 0.0976. The number of carbonyl (C=O) groups excluding carboxylic acids is 1. The molecule has 2 rings (SSSR count). The van der Waals surface area contributed by atoms with E-state index in [0.717, 1.165) is 0 Å². The molecule has 0 radical (unpaired) electrons. The molecule has 0 aliphatic heterocycles. The van der Waals surface area contributed by atoms with Crippen LogP contribution in [-0.4, -0.2) is 37.2 Å². The highest BCUT2D eigenvalue weighted by Gasteiger charge is 2.35. The Morgan fingerprint density at radius 2 is 2.00 bits per heavy atom. The third kappa shape index (κ3) is 5.30. The van der Waals surface area contributed by atoms with Gasteiger partial charge in [-0.1, -0.05) is 18.2 Å². The molecule has 1 unspecified atom stereocenters. The second-order valence-corrected chi connectivity index (χ2v) is 8.64. The fraction of sp³-hybridized carbons (Fsp3) is 0.267.